The highest BCUT2D eigenvalue weighted by molar-refractivity contribution is 5.41. The Balaban J connectivity index is 2.82. The molecule has 3 nitrogen and oxygen atoms in total. The molecule has 1 rings (SSSR count). The van der Waals surface area contributed by atoms with E-state index in [4.69, 9.17) is 15.2 Å². The minimum atomic E-state index is 0.180. The second-order valence-corrected chi connectivity index (χ2v) is 5.34. The molecule has 0 saturated heterocycles. The number of hydrogen-bond acceptors (Lipinski definition) is 3. The van der Waals surface area contributed by atoms with E-state index in [0.29, 0.717) is 5.92 Å². The van der Waals surface area contributed by atoms with Crippen LogP contribution in [0.4, 0.5) is 0 Å². The minimum Gasteiger partial charge on any atom is -0.497 e. The Morgan fingerprint density at radius 2 is 1.80 bits per heavy atom. The number of nitrogens with two attached hydrogens (primary N) is 1. The van der Waals surface area contributed by atoms with Gasteiger partial charge < -0.3 is 15.2 Å². The normalized spacial score (nSPS) is 12.5. The number of hydrogen-bond donors (Lipinski definition) is 1. The van der Waals surface area contributed by atoms with E-state index in [1.165, 1.54) is 5.56 Å². The zero-order chi connectivity index (χ0) is 15.0. The maximum atomic E-state index is 6.07. The van der Waals surface area contributed by atoms with E-state index in [-0.39, 0.29) is 6.04 Å². The van der Waals surface area contributed by atoms with Crippen molar-refractivity contribution in [3.05, 3.63) is 23.8 Å². The largest absolute Gasteiger partial charge is 0.497 e. The third kappa shape index (κ3) is 5.04. The number of rotatable bonds is 9. The summed E-state index contributed by atoms with van der Waals surface area (Å²) in [6.45, 7) is 7.28. The summed E-state index contributed by atoms with van der Waals surface area (Å²) in [7, 11) is 1.68. The lowest BCUT2D eigenvalue weighted by atomic mass is 10.0. The molecule has 0 aliphatic rings. The predicted octanol–water partition coefficient (Wildman–Crippen LogP) is 3.79. The second-order valence-electron chi connectivity index (χ2n) is 5.34. The molecule has 0 spiro atoms. The molecule has 0 heterocycles. The quantitative estimate of drug-likeness (QED) is 0.748. The van der Waals surface area contributed by atoms with Crippen LogP contribution in [0.2, 0.25) is 0 Å². The molecule has 3 heteroatoms. The van der Waals surface area contributed by atoms with Crippen molar-refractivity contribution in [3.8, 4) is 11.5 Å². The lowest BCUT2D eigenvalue weighted by molar-refractivity contribution is 0.237. The zero-order valence-corrected chi connectivity index (χ0v) is 13.3. The minimum absolute atomic E-state index is 0.180. The van der Waals surface area contributed by atoms with Gasteiger partial charge in [0, 0.05) is 12.1 Å². The molecule has 2 N–H and O–H groups in total. The lowest BCUT2D eigenvalue weighted by Gasteiger charge is -2.18. The molecule has 114 valence electrons. The van der Waals surface area contributed by atoms with Gasteiger partial charge in [-0.2, -0.15) is 0 Å². The van der Waals surface area contributed by atoms with Gasteiger partial charge >= 0.3 is 0 Å². The Kier molecular flexibility index (Phi) is 7.45. The van der Waals surface area contributed by atoms with Crippen molar-refractivity contribution >= 4 is 0 Å². The fourth-order valence-electron chi connectivity index (χ4n) is 2.12. The van der Waals surface area contributed by atoms with E-state index in [0.717, 1.165) is 43.8 Å². The monoisotopic (exact) mass is 279 g/mol. The van der Waals surface area contributed by atoms with Crippen LogP contribution in [0, 0.1) is 5.92 Å². The van der Waals surface area contributed by atoms with Gasteiger partial charge in [0.15, 0.2) is 0 Å². The van der Waals surface area contributed by atoms with Crippen LogP contribution >= 0.6 is 0 Å². The summed E-state index contributed by atoms with van der Waals surface area (Å²) in [5.74, 6) is 2.35. The maximum Gasteiger partial charge on any atom is 0.126 e. The molecule has 1 aromatic carbocycles. The van der Waals surface area contributed by atoms with Crippen molar-refractivity contribution in [1.82, 2.24) is 0 Å². The third-order valence-corrected chi connectivity index (χ3v) is 3.91. The Bertz CT molecular complexity index is 389. The molecule has 1 atom stereocenters. The molecule has 0 saturated carbocycles. The maximum absolute atomic E-state index is 6.07. The van der Waals surface area contributed by atoms with Gasteiger partial charge in [-0.3, -0.25) is 0 Å². The molecule has 1 aromatic rings. The first kappa shape index (κ1) is 16.8. The van der Waals surface area contributed by atoms with Crippen LogP contribution in [0.5, 0.6) is 11.5 Å². The molecule has 0 aliphatic heterocycles. The van der Waals surface area contributed by atoms with Gasteiger partial charge in [0.05, 0.1) is 13.7 Å². The van der Waals surface area contributed by atoms with Crippen LogP contribution in [-0.2, 0) is 6.42 Å². The molecule has 0 fully saturated rings. The molecule has 1 unspecified atom stereocenters. The summed E-state index contributed by atoms with van der Waals surface area (Å²) in [6.07, 6.45) is 4.10. The molecule has 20 heavy (non-hydrogen) atoms. The van der Waals surface area contributed by atoms with E-state index in [2.05, 4.69) is 26.8 Å². The SMILES string of the molecule is CCC(N)Cc1ccc(OC)cc1OCC(CC)CC. The van der Waals surface area contributed by atoms with Crippen molar-refractivity contribution in [2.45, 2.75) is 52.5 Å². The summed E-state index contributed by atoms with van der Waals surface area (Å²) in [5, 5.41) is 0. The number of ether oxygens (including phenoxy) is 2. The Hall–Kier alpha value is -1.22. The third-order valence-electron chi connectivity index (χ3n) is 3.91. The van der Waals surface area contributed by atoms with Crippen LogP contribution in [0.1, 0.15) is 45.6 Å². The first-order valence-corrected chi connectivity index (χ1v) is 7.69. The van der Waals surface area contributed by atoms with Gasteiger partial charge in [0.25, 0.3) is 0 Å². The second kappa shape index (κ2) is 8.85. The fraction of sp³-hybridized carbons (Fsp3) is 0.647. The van der Waals surface area contributed by atoms with Crippen molar-refractivity contribution in [1.29, 1.82) is 0 Å². The van der Waals surface area contributed by atoms with Crippen molar-refractivity contribution in [2.75, 3.05) is 13.7 Å². The highest BCUT2D eigenvalue weighted by Crippen LogP contribution is 2.27. The van der Waals surface area contributed by atoms with E-state index in [9.17, 15) is 0 Å². The Morgan fingerprint density at radius 1 is 1.10 bits per heavy atom. The highest BCUT2D eigenvalue weighted by Gasteiger charge is 2.11. The van der Waals surface area contributed by atoms with E-state index in [1.807, 2.05) is 12.1 Å². The summed E-state index contributed by atoms with van der Waals surface area (Å²) in [6, 6.07) is 6.19. The van der Waals surface area contributed by atoms with Gasteiger partial charge in [0.1, 0.15) is 11.5 Å². The molecule has 0 amide bonds. The van der Waals surface area contributed by atoms with E-state index in [1.54, 1.807) is 7.11 Å². The first-order valence-electron chi connectivity index (χ1n) is 7.69. The highest BCUT2D eigenvalue weighted by atomic mass is 16.5. The van der Waals surface area contributed by atoms with Gasteiger partial charge in [0.2, 0.25) is 0 Å². The topological polar surface area (TPSA) is 44.5 Å². The molecular weight excluding hydrogens is 250 g/mol. The summed E-state index contributed by atoms with van der Waals surface area (Å²) >= 11 is 0. The van der Waals surface area contributed by atoms with Crippen molar-refractivity contribution in [3.63, 3.8) is 0 Å². The first-order chi connectivity index (χ1) is 9.64. The Labute approximate surface area is 123 Å². The van der Waals surface area contributed by atoms with Gasteiger partial charge in [-0.15, -0.1) is 0 Å². The molecule has 0 aliphatic carbocycles. The van der Waals surface area contributed by atoms with Crippen molar-refractivity contribution < 1.29 is 9.47 Å². The molecule has 0 radical (unpaired) electrons. The summed E-state index contributed by atoms with van der Waals surface area (Å²) in [5.41, 5.74) is 7.24. The van der Waals surface area contributed by atoms with Crippen LogP contribution in [0.25, 0.3) is 0 Å². The lowest BCUT2D eigenvalue weighted by Crippen LogP contribution is -2.22. The van der Waals surface area contributed by atoms with Gasteiger partial charge in [-0.05, 0) is 30.4 Å². The smallest absolute Gasteiger partial charge is 0.126 e. The number of benzene rings is 1. The van der Waals surface area contributed by atoms with Crippen molar-refractivity contribution in [2.24, 2.45) is 11.7 Å². The Morgan fingerprint density at radius 3 is 2.35 bits per heavy atom. The molecular formula is C17H29NO2. The van der Waals surface area contributed by atoms with E-state index < -0.39 is 0 Å². The summed E-state index contributed by atoms with van der Waals surface area (Å²) in [4.78, 5) is 0. The average molecular weight is 279 g/mol. The molecule has 0 aromatic heterocycles. The van der Waals surface area contributed by atoms with Crippen LogP contribution in [0.3, 0.4) is 0 Å². The van der Waals surface area contributed by atoms with Crippen LogP contribution < -0.4 is 15.2 Å². The average Bonchev–Trinajstić information content (AvgIpc) is 2.49. The van der Waals surface area contributed by atoms with E-state index >= 15 is 0 Å². The summed E-state index contributed by atoms with van der Waals surface area (Å²) < 4.78 is 11.3. The van der Waals surface area contributed by atoms with Gasteiger partial charge in [-0.1, -0.05) is 39.7 Å². The van der Waals surface area contributed by atoms with Crippen LogP contribution in [-0.4, -0.2) is 19.8 Å². The standard InChI is InChI=1S/C17H29NO2/c1-5-13(6-2)12-20-17-11-16(19-4)9-8-14(17)10-15(18)7-3/h8-9,11,13,15H,5-7,10,12,18H2,1-4H3. The number of methoxy groups -OCH3 is 1. The molecule has 0 bridgehead atoms. The van der Waals surface area contributed by atoms with Crippen LogP contribution in [0.15, 0.2) is 18.2 Å². The zero-order valence-electron chi connectivity index (χ0n) is 13.3. The van der Waals surface area contributed by atoms with Gasteiger partial charge in [-0.25, -0.2) is 0 Å². The fourth-order valence-corrected chi connectivity index (χ4v) is 2.12. The predicted molar refractivity (Wildman–Crippen MR) is 84.5 cm³/mol.